The molecule has 1 amide bonds. The fraction of sp³-hybridized carbons (Fsp3) is 0.444. The van der Waals surface area contributed by atoms with Gasteiger partial charge in [0.15, 0.2) is 5.69 Å². The minimum atomic E-state index is -0.0378. The summed E-state index contributed by atoms with van der Waals surface area (Å²) in [6, 6.07) is 7.54. The maximum atomic E-state index is 12.8. The lowest BCUT2D eigenvalue weighted by molar-refractivity contribution is 0.0727. The number of carbonyl (C=O) groups excluding carboxylic acids is 1. The van der Waals surface area contributed by atoms with Gasteiger partial charge in [0.1, 0.15) is 5.75 Å². The summed E-state index contributed by atoms with van der Waals surface area (Å²) in [5.41, 5.74) is 3.74. The van der Waals surface area contributed by atoms with Crippen molar-refractivity contribution in [3.05, 3.63) is 46.8 Å². The van der Waals surface area contributed by atoms with E-state index in [1.807, 2.05) is 28.6 Å². The van der Waals surface area contributed by atoms with E-state index in [4.69, 9.17) is 0 Å². The second-order valence-electron chi connectivity index (χ2n) is 6.30. The summed E-state index contributed by atoms with van der Waals surface area (Å²) in [4.78, 5) is 14.6. The van der Waals surface area contributed by atoms with Crippen LogP contribution in [0.15, 0.2) is 24.3 Å². The molecule has 5 nitrogen and oxygen atoms in total. The molecule has 1 aliphatic rings. The molecule has 2 heterocycles. The maximum absolute atomic E-state index is 12.8. The highest BCUT2D eigenvalue weighted by atomic mass is 16.3. The molecule has 1 atom stereocenters. The molecule has 0 saturated heterocycles. The number of hydrogen-bond acceptors (Lipinski definition) is 3. The Bertz CT molecular complexity index is 736. The first-order valence-corrected chi connectivity index (χ1v) is 8.15. The van der Waals surface area contributed by atoms with Crippen LogP contribution in [-0.4, -0.2) is 32.2 Å². The fourth-order valence-electron chi connectivity index (χ4n) is 3.09. The standard InChI is InChI=1S/C18H23N3O2/c1-4-12(2)21-13(3)9-17(19-21)18(23)20-8-7-14-5-6-16(22)10-15(14)11-20/h5-6,9-10,12,22H,4,7-8,11H2,1-3H3. The van der Waals surface area contributed by atoms with Crippen LogP contribution < -0.4 is 0 Å². The van der Waals surface area contributed by atoms with E-state index in [1.165, 1.54) is 5.56 Å². The monoisotopic (exact) mass is 313 g/mol. The summed E-state index contributed by atoms with van der Waals surface area (Å²) in [6.45, 7) is 7.42. The molecule has 2 aromatic rings. The number of aromatic nitrogens is 2. The van der Waals surface area contributed by atoms with Crippen LogP contribution in [0.5, 0.6) is 5.75 Å². The smallest absolute Gasteiger partial charge is 0.274 e. The topological polar surface area (TPSA) is 58.4 Å². The summed E-state index contributed by atoms with van der Waals surface area (Å²) >= 11 is 0. The van der Waals surface area contributed by atoms with Gasteiger partial charge in [0.05, 0.1) is 0 Å². The lowest BCUT2D eigenvalue weighted by Gasteiger charge is -2.28. The van der Waals surface area contributed by atoms with E-state index in [-0.39, 0.29) is 17.7 Å². The van der Waals surface area contributed by atoms with Crippen LogP contribution in [0.3, 0.4) is 0 Å². The number of aryl methyl sites for hydroxylation is 1. The van der Waals surface area contributed by atoms with Gasteiger partial charge in [0.2, 0.25) is 0 Å². The molecule has 1 aromatic heterocycles. The van der Waals surface area contributed by atoms with Crippen molar-refractivity contribution in [2.45, 2.75) is 46.2 Å². The first-order valence-electron chi connectivity index (χ1n) is 8.15. The predicted molar refractivity (Wildman–Crippen MR) is 88.5 cm³/mol. The molecule has 122 valence electrons. The van der Waals surface area contributed by atoms with Crippen molar-refractivity contribution in [3.63, 3.8) is 0 Å². The van der Waals surface area contributed by atoms with Gasteiger partial charge in [0, 0.05) is 24.8 Å². The van der Waals surface area contributed by atoms with Crippen molar-refractivity contribution in [3.8, 4) is 5.75 Å². The molecule has 0 fully saturated rings. The Balaban J connectivity index is 1.82. The van der Waals surface area contributed by atoms with E-state index in [2.05, 4.69) is 18.9 Å². The second kappa shape index (κ2) is 6.07. The highest BCUT2D eigenvalue weighted by molar-refractivity contribution is 5.92. The zero-order valence-corrected chi connectivity index (χ0v) is 13.9. The Morgan fingerprint density at radius 3 is 2.87 bits per heavy atom. The highest BCUT2D eigenvalue weighted by Crippen LogP contribution is 2.24. The van der Waals surface area contributed by atoms with E-state index < -0.39 is 0 Å². The Hall–Kier alpha value is -2.30. The average molecular weight is 313 g/mol. The maximum Gasteiger partial charge on any atom is 0.274 e. The first kappa shape index (κ1) is 15.6. The number of amides is 1. The van der Waals surface area contributed by atoms with E-state index in [0.29, 0.717) is 18.8 Å². The van der Waals surface area contributed by atoms with Crippen molar-refractivity contribution >= 4 is 5.91 Å². The Morgan fingerprint density at radius 1 is 1.35 bits per heavy atom. The first-order chi connectivity index (χ1) is 11.0. The molecule has 3 rings (SSSR count). The number of phenols is 1. The van der Waals surface area contributed by atoms with E-state index in [9.17, 15) is 9.90 Å². The lowest BCUT2D eigenvalue weighted by Crippen LogP contribution is -2.36. The Morgan fingerprint density at radius 2 is 2.13 bits per heavy atom. The van der Waals surface area contributed by atoms with Gasteiger partial charge in [-0.25, -0.2) is 0 Å². The van der Waals surface area contributed by atoms with Crippen molar-refractivity contribution in [1.82, 2.24) is 14.7 Å². The fourth-order valence-corrected chi connectivity index (χ4v) is 3.09. The van der Waals surface area contributed by atoms with Crippen LogP contribution in [0.1, 0.15) is 53.6 Å². The molecule has 1 aromatic carbocycles. The number of phenolic OH excluding ortho intramolecular Hbond substituents is 1. The summed E-state index contributed by atoms with van der Waals surface area (Å²) in [6.07, 6.45) is 1.79. The van der Waals surface area contributed by atoms with Crippen LogP contribution in [0.25, 0.3) is 0 Å². The number of fused-ring (bicyclic) bond motifs is 1. The van der Waals surface area contributed by atoms with Crippen LogP contribution in [0.4, 0.5) is 0 Å². The van der Waals surface area contributed by atoms with Crippen LogP contribution in [-0.2, 0) is 13.0 Å². The summed E-state index contributed by atoms with van der Waals surface area (Å²) in [7, 11) is 0. The second-order valence-corrected chi connectivity index (χ2v) is 6.30. The van der Waals surface area contributed by atoms with Crippen molar-refractivity contribution in [1.29, 1.82) is 0 Å². The minimum absolute atomic E-state index is 0.0378. The van der Waals surface area contributed by atoms with Crippen molar-refractivity contribution in [2.24, 2.45) is 0 Å². The lowest BCUT2D eigenvalue weighted by atomic mass is 9.99. The molecule has 1 N–H and O–H groups in total. The zero-order valence-electron chi connectivity index (χ0n) is 13.9. The summed E-state index contributed by atoms with van der Waals surface area (Å²) in [5.74, 6) is 0.207. The summed E-state index contributed by atoms with van der Waals surface area (Å²) < 4.78 is 1.93. The van der Waals surface area contributed by atoms with Crippen molar-refractivity contribution < 1.29 is 9.90 Å². The third-order valence-electron chi connectivity index (χ3n) is 4.64. The van der Waals surface area contributed by atoms with Gasteiger partial charge < -0.3 is 10.0 Å². The normalized spacial score (nSPS) is 15.3. The van der Waals surface area contributed by atoms with Crippen LogP contribution in [0.2, 0.25) is 0 Å². The number of rotatable bonds is 3. The highest BCUT2D eigenvalue weighted by Gasteiger charge is 2.24. The van der Waals surface area contributed by atoms with Gasteiger partial charge in [-0.3, -0.25) is 9.48 Å². The zero-order chi connectivity index (χ0) is 16.6. The number of aromatic hydroxyl groups is 1. The summed E-state index contributed by atoms with van der Waals surface area (Å²) in [5, 5.41) is 14.1. The molecule has 23 heavy (non-hydrogen) atoms. The third kappa shape index (κ3) is 2.96. The molecule has 1 aliphatic heterocycles. The number of benzene rings is 1. The molecule has 1 unspecified atom stereocenters. The average Bonchev–Trinajstić information content (AvgIpc) is 2.94. The van der Waals surface area contributed by atoms with Gasteiger partial charge in [-0.05, 0) is 56.0 Å². The Kier molecular flexibility index (Phi) is 4.11. The molecule has 0 bridgehead atoms. The third-order valence-corrected chi connectivity index (χ3v) is 4.64. The van der Waals surface area contributed by atoms with Crippen molar-refractivity contribution in [2.75, 3.05) is 6.54 Å². The number of hydrogen-bond donors (Lipinski definition) is 1. The Labute approximate surface area is 136 Å². The molecule has 0 saturated carbocycles. The quantitative estimate of drug-likeness (QED) is 0.947. The molecule has 5 heteroatoms. The van der Waals surface area contributed by atoms with Gasteiger partial charge in [-0.15, -0.1) is 0 Å². The number of carbonyl (C=O) groups is 1. The van der Waals surface area contributed by atoms with Gasteiger partial charge in [0.25, 0.3) is 5.91 Å². The SMILES string of the molecule is CCC(C)n1nc(C(=O)N2CCc3ccc(O)cc3C2)cc1C. The van der Waals surface area contributed by atoms with Gasteiger partial charge >= 0.3 is 0 Å². The molecular weight excluding hydrogens is 290 g/mol. The molecule has 0 radical (unpaired) electrons. The largest absolute Gasteiger partial charge is 0.508 e. The minimum Gasteiger partial charge on any atom is -0.508 e. The molecule has 0 spiro atoms. The van der Waals surface area contributed by atoms with E-state index in [0.717, 1.165) is 24.1 Å². The van der Waals surface area contributed by atoms with Gasteiger partial charge in [-0.1, -0.05) is 13.0 Å². The number of nitrogens with zero attached hydrogens (tertiary/aromatic N) is 3. The predicted octanol–water partition coefficient (Wildman–Crippen LogP) is 3.07. The van der Waals surface area contributed by atoms with Crippen LogP contribution in [0, 0.1) is 6.92 Å². The van der Waals surface area contributed by atoms with E-state index >= 15 is 0 Å². The van der Waals surface area contributed by atoms with E-state index in [1.54, 1.807) is 12.1 Å². The molecular formula is C18H23N3O2. The van der Waals surface area contributed by atoms with Gasteiger partial charge in [-0.2, -0.15) is 5.10 Å². The molecule has 0 aliphatic carbocycles. The van der Waals surface area contributed by atoms with Crippen LogP contribution >= 0.6 is 0 Å².